The van der Waals surface area contributed by atoms with Crippen molar-refractivity contribution in [2.75, 3.05) is 0 Å². The van der Waals surface area contributed by atoms with Crippen molar-refractivity contribution in [1.82, 2.24) is 0 Å². The van der Waals surface area contributed by atoms with E-state index in [4.69, 9.17) is 53.3 Å². The van der Waals surface area contributed by atoms with Gasteiger partial charge in [-0.25, -0.2) is 8.42 Å². The molecule has 0 aromatic carbocycles. The average molecular weight is 343 g/mol. The Morgan fingerprint density at radius 3 is 0.706 bits per heavy atom. The van der Waals surface area contributed by atoms with Gasteiger partial charge in [-0.2, -0.15) is 0 Å². The molecule has 0 aromatic rings. The van der Waals surface area contributed by atoms with Crippen LogP contribution >= 0.6 is 0 Å². The Morgan fingerprint density at radius 2 is 0.706 bits per heavy atom. The van der Waals surface area contributed by atoms with Crippen molar-refractivity contribution in [2.24, 2.45) is 0 Å². The third kappa shape index (κ3) is 225. The Bertz CT molecular complexity index is 401. The molecule has 0 fully saturated rings. The molecule has 0 radical (unpaired) electrons. The van der Waals surface area contributed by atoms with Crippen molar-refractivity contribution in [3.8, 4) is 0 Å². The number of hydrogen-bond acceptors (Lipinski definition) is 13. The summed E-state index contributed by atoms with van der Waals surface area (Å²) >= 11 is 0. The molecule has 0 bridgehead atoms. The molecule has 17 heteroatoms. The van der Waals surface area contributed by atoms with E-state index >= 15 is 0 Å². The zero-order valence-corrected chi connectivity index (χ0v) is 13.1. The minimum Gasteiger partial charge on any atom is -0.759 e. The molecule has 0 saturated carbocycles. The molecule has 0 rings (SSSR count). The van der Waals surface area contributed by atoms with Crippen LogP contribution in [0.2, 0.25) is 0 Å². The van der Waals surface area contributed by atoms with Crippen LogP contribution in [0.3, 0.4) is 0 Å². The summed E-state index contributed by atoms with van der Waals surface area (Å²) in [5.41, 5.74) is 0. The zero-order chi connectivity index (χ0) is 14.2. The van der Waals surface area contributed by atoms with E-state index < -0.39 is 31.2 Å². The van der Waals surface area contributed by atoms with Gasteiger partial charge in [0, 0.05) is 20.8 Å². The maximum absolute atomic E-state index is 8.91. The third-order valence-corrected chi connectivity index (χ3v) is 0.250. The topological polar surface area (TPSA) is 250 Å². The Hall–Kier alpha value is 1.21. The summed E-state index contributed by atoms with van der Waals surface area (Å²) in [6.07, 6.45) is 0. The first-order chi connectivity index (χ1) is 6.56. The molecule has 0 unspecified atom stereocenters. The van der Waals surface area contributed by atoms with Crippen molar-refractivity contribution in [1.29, 1.82) is 0 Å². The van der Waals surface area contributed by atoms with Gasteiger partial charge in [-0.3, -0.25) is 16.8 Å². The molecule has 0 heterocycles. The van der Waals surface area contributed by atoms with Crippen molar-refractivity contribution < 1.29 is 109 Å². The fourth-order valence-corrected chi connectivity index (χ4v) is 0. The van der Waals surface area contributed by atoms with Gasteiger partial charge < -0.3 is 32.4 Å². The summed E-state index contributed by atoms with van der Waals surface area (Å²) in [4.78, 5) is 0. The predicted molar refractivity (Wildman–Crippen MR) is 31.7 cm³/mol. The Balaban J connectivity index is -0.0000000729. The SMILES string of the molecule is O=S(=O)([O-])O[O-].O=S(=O)([O-])[O-].O=S(=O)([O-])[O-].[K+]. The van der Waals surface area contributed by atoms with Gasteiger partial charge in [0.15, 0.2) is 0 Å². The molecule has 17 heavy (non-hydrogen) atoms. The van der Waals surface area contributed by atoms with Crippen LogP contribution in [0.25, 0.3) is 0 Å². The van der Waals surface area contributed by atoms with Gasteiger partial charge in [0.05, 0.1) is 0 Å². The summed E-state index contributed by atoms with van der Waals surface area (Å²) in [7, 11) is -15.3. The molecule has 0 spiro atoms. The molecule has 0 N–H and O–H groups in total. The van der Waals surface area contributed by atoms with Gasteiger partial charge in [0.2, 0.25) is 10.4 Å². The molecule has 13 nitrogen and oxygen atoms in total. The van der Waals surface area contributed by atoms with E-state index in [0.29, 0.717) is 0 Å². The van der Waals surface area contributed by atoms with E-state index in [1.54, 1.807) is 0 Å². The molecular formula is KO13S3-5. The van der Waals surface area contributed by atoms with E-state index in [0.717, 1.165) is 0 Å². The molecular weight excluding hydrogens is 343 g/mol. The standard InChI is InChI=1S/K.H2O5S.2H2O4S/c;1-5-6(2,3)4;2*1-5(2,3)4/h;1H,(H,2,3,4);2*(H2,1,2,3,4)/q+1;;;/p-6. The Kier molecular flexibility index (Phi) is 17.4. The van der Waals surface area contributed by atoms with Gasteiger partial charge in [0.1, 0.15) is 0 Å². The van der Waals surface area contributed by atoms with Gasteiger partial charge in [-0.15, -0.1) is 0 Å². The molecule has 0 amide bonds. The summed E-state index contributed by atoms with van der Waals surface area (Å²) < 4.78 is 97.0. The van der Waals surface area contributed by atoms with Crippen molar-refractivity contribution in [2.45, 2.75) is 0 Å². The predicted octanol–water partition coefficient (Wildman–Crippen LogP) is -7.93. The van der Waals surface area contributed by atoms with E-state index in [1.807, 2.05) is 0 Å². The zero-order valence-electron chi connectivity index (χ0n) is 7.53. The molecule has 0 aliphatic heterocycles. The third-order valence-electron chi connectivity index (χ3n) is 0.0833. The van der Waals surface area contributed by atoms with Crippen LogP contribution in [-0.4, -0.2) is 48.0 Å². The van der Waals surface area contributed by atoms with Gasteiger partial charge >= 0.3 is 51.4 Å². The second kappa shape index (κ2) is 11.1. The first kappa shape index (κ1) is 26.7. The number of rotatable bonds is 1. The minimum atomic E-state index is -5.17. The molecule has 0 saturated heterocycles. The first-order valence-corrected chi connectivity index (χ1v) is 6.17. The van der Waals surface area contributed by atoms with Gasteiger partial charge in [0.25, 0.3) is 0 Å². The van der Waals surface area contributed by atoms with Gasteiger partial charge in [-0.1, -0.05) is 0 Å². The molecule has 0 aromatic heterocycles. The first-order valence-electron chi connectivity index (χ1n) is 2.17. The van der Waals surface area contributed by atoms with Crippen LogP contribution in [0, 0.1) is 0 Å². The summed E-state index contributed by atoms with van der Waals surface area (Å²) in [6, 6.07) is 0. The Morgan fingerprint density at radius 1 is 0.647 bits per heavy atom. The van der Waals surface area contributed by atoms with E-state index in [9.17, 15) is 0 Å². The van der Waals surface area contributed by atoms with Crippen LogP contribution < -0.4 is 56.6 Å². The van der Waals surface area contributed by atoms with Crippen LogP contribution in [0.4, 0.5) is 0 Å². The van der Waals surface area contributed by atoms with Crippen LogP contribution in [0.1, 0.15) is 0 Å². The van der Waals surface area contributed by atoms with Crippen molar-refractivity contribution in [3.63, 3.8) is 0 Å². The summed E-state index contributed by atoms with van der Waals surface area (Å²) in [5.74, 6) is 0. The second-order valence-electron chi connectivity index (χ2n) is 1.29. The molecule has 0 atom stereocenters. The molecule has 0 aliphatic carbocycles. The maximum atomic E-state index is 8.91. The molecule has 102 valence electrons. The average Bonchev–Trinajstić information content (AvgIpc) is 1.77. The van der Waals surface area contributed by atoms with E-state index in [1.165, 1.54) is 0 Å². The number of hydrogen-bond donors (Lipinski definition) is 0. The van der Waals surface area contributed by atoms with E-state index in [-0.39, 0.29) is 51.4 Å². The largest absolute Gasteiger partial charge is 1.00 e. The molecule has 0 aliphatic rings. The Labute approximate surface area is 138 Å². The summed E-state index contributed by atoms with van der Waals surface area (Å²) in [6.45, 7) is 0. The second-order valence-corrected chi connectivity index (χ2v) is 3.88. The normalized spacial score (nSPS) is 10.9. The van der Waals surface area contributed by atoms with Crippen LogP contribution in [0.15, 0.2) is 0 Å². The van der Waals surface area contributed by atoms with Crippen molar-refractivity contribution >= 4 is 31.2 Å². The smallest absolute Gasteiger partial charge is 0.759 e. The van der Waals surface area contributed by atoms with Crippen molar-refractivity contribution in [3.05, 3.63) is 0 Å². The van der Waals surface area contributed by atoms with Crippen LogP contribution in [0.5, 0.6) is 0 Å². The van der Waals surface area contributed by atoms with E-state index in [2.05, 4.69) is 4.33 Å². The van der Waals surface area contributed by atoms with Crippen LogP contribution in [-0.2, 0) is 35.5 Å². The monoisotopic (exact) mass is 343 g/mol. The fourth-order valence-electron chi connectivity index (χ4n) is 0. The maximum Gasteiger partial charge on any atom is 1.00 e. The fraction of sp³-hybridized carbons (Fsp3) is 0. The minimum absolute atomic E-state index is 0. The summed E-state index contributed by atoms with van der Waals surface area (Å²) in [5, 5.41) is 8.55. The quantitative estimate of drug-likeness (QED) is 0.141. The van der Waals surface area contributed by atoms with Gasteiger partial charge in [-0.05, 0) is 0 Å².